The van der Waals surface area contributed by atoms with Crippen molar-refractivity contribution < 1.29 is 19.1 Å². The fourth-order valence-electron chi connectivity index (χ4n) is 3.50. The molecule has 0 spiro atoms. The van der Waals surface area contributed by atoms with Crippen molar-refractivity contribution in [1.29, 1.82) is 0 Å². The first-order valence-electron chi connectivity index (χ1n) is 9.18. The lowest BCUT2D eigenvalue weighted by Gasteiger charge is -2.34. The standard InChI is InChI=1S/C20H29NO4/c1-3-24-18(22)14-21(2)19(17-12-8-5-9-13-17)20(23)25-15-16-10-6-4-7-11-16/h4,6-7,10-11,17,19H,3,5,8-9,12-15H2,1-2H3/t19-/m0/s1. The molecular weight excluding hydrogens is 318 g/mol. The van der Waals surface area contributed by atoms with Gasteiger partial charge in [0.2, 0.25) is 0 Å². The largest absolute Gasteiger partial charge is 0.465 e. The van der Waals surface area contributed by atoms with Crippen molar-refractivity contribution >= 4 is 11.9 Å². The van der Waals surface area contributed by atoms with E-state index in [9.17, 15) is 9.59 Å². The van der Waals surface area contributed by atoms with E-state index in [1.807, 2.05) is 30.3 Å². The Bertz CT molecular complexity index is 540. The zero-order chi connectivity index (χ0) is 18.1. The first kappa shape index (κ1) is 19.4. The van der Waals surface area contributed by atoms with Gasteiger partial charge in [-0.15, -0.1) is 0 Å². The van der Waals surface area contributed by atoms with Gasteiger partial charge in [-0.05, 0) is 38.3 Å². The Morgan fingerprint density at radius 2 is 1.80 bits per heavy atom. The molecule has 0 saturated heterocycles. The molecule has 0 bridgehead atoms. The molecule has 5 heteroatoms. The lowest BCUT2D eigenvalue weighted by molar-refractivity contribution is -0.156. The van der Waals surface area contributed by atoms with Crippen LogP contribution in [0.2, 0.25) is 0 Å². The molecule has 0 amide bonds. The van der Waals surface area contributed by atoms with Crippen LogP contribution < -0.4 is 0 Å². The summed E-state index contributed by atoms with van der Waals surface area (Å²) in [4.78, 5) is 26.4. The van der Waals surface area contributed by atoms with Gasteiger partial charge < -0.3 is 9.47 Å². The SMILES string of the molecule is CCOC(=O)CN(C)[C@H](C(=O)OCc1ccccc1)C1CCCCC1. The van der Waals surface area contributed by atoms with Gasteiger partial charge in [0.15, 0.2) is 0 Å². The van der Waals surface area contributed by atoms with Crippen LogP contribution in [0.1, 0.15) is 44.6 Å². The van der Waals surface area contributed by atoms with Crippen LogP contribution in [0.25, 0.3) is 0 Å². The maximum atomic E-state index is 12.8. The Labute approximate surface area is 150 Å². The predicted octanol–water partition coefficient (Wildman–Crippen LogP) is 3.17. The molecule has 2 rings (SSSR count). The maximum absolute atomic E-state index is 12.8. The van der Waals surface area contributed by atoms with E-state index in [2.05, 4.69) is 0 Å². The number of hydrogen-bond donors (Lipinski definition) is 0. The highest BCUT2D eigenvalue weighted by atomic mass is 16.5. The molecule has 1 fully saturated rings. The van der Waals surface area contributed by atoms with Crippen LogP contribution in [0.5, 0.6) is 0 Å². The molecular formula is C20H29NO4. The highest BCUT2D eigenvalue weighted by Crippen LogP contribution is 2.29. The molecule has 1 saturated carbocycles. The summed E-state index contributed by atoms with van der Waals surface area (Å²) in [7, 11) is 1.81. The number of esters is 2. The maximum Gasteiger partial charge on any atom is 0.323 e. The Hall–Kier alpha value is -1.88. The number of benzene rings is 1. The predicted molar refractivity (Wildman–Crippen MR) is 95.9 cm³/mol. The van der Waals surface area contributed by atoms with Crippen LogP contribution in [0.3, 0.4) is 0 Å². The van der Waals surface area contributed by atoms with Gasteiger partial charge in [0.25, 0.3) is 0 Å². The first-order chi connectivity index (χ1) is 12.1. The number of likely N-dealkylation sites (N-methyl/N-ethyl adjacent to an activating group) is 1. The average Bonchev–Trinajstić information content (AvgIpc) is 2.62. The third kappa shape index (κ3) is 6.16. The zero-order valence-corrected chi connectivity index (χ0v) is 15.3. The number of rotatable bonds is 8. The van der Waals surface area contributed by atoms with E-state index in [1.54, 1.807) is 18.9 Å². The van der Waals surface area contributed by atoms with E-state index in [4.69, 9.17) is 9.47 Å². The van der Waals surface area contributed by atoms with Crippen LogP contribution in [0, 0.1) is 5.92 Å². The fraction of sp³-hybridized carbons (Fsp3) is 0.600. The van der Waals surface area contributed by atoms with Crippen LogP contribution in [0.15, 0.2) is 30.3 Å². The molecule has 1 atom stereocenters. The summed E-state index contributed by atoms with van der Waals surface area (Å²) < 4.78 is 10.6. The highest BCUT2D eigenvalue weighted by molar-refractivity contribution is 5.78. The Kier molecular flexibility index (Phi) is 7.92. The quantitative estimate of drug-likeness (QED) is 0.676. The van der Waals surface area contributed by atoms with E-state index in [-0.39, 0.29) is 31.0 Å². The molecule has 5 nitrogen and oxygen atoms in total. The number of carbonyl (C=O) groups excluding carboxylic acids is 2. The number of carbonyl (C=O) groups is 2. The number of ether oxygens (including phenoxy) is 2. The van der Waals surface area contributed by atoms with Crippen LogP contribution in [-0.2, 0) is 25.7 Å². The topological polar surface area (TPSA) is 55.8 Å². The van der Waals surface area contributed by atoms with Crippen molar-refractivity contribution in [3.8, 4) is 0 Å². The number of nitrogens with zero attached hydrogens (tertiary/aromatic N) is 1. The second-order valence-corrected chi connectivity index (χ2v) is 6.66. The van der Waals surface area contributed by atoms with Crippen molar-refractivity contribution in [3.05, 3.63) is 35.9 Å². The van der Waals surface area contributed by atoms with Crippen LogP contribution in [0.4, 0.5) is 0 Å². The molecule has 1 aliphatic rings. The van der Waals surface area contributed by atoms with E-state index in [0.29, 0.717) is 6.61 Å². The molecule has 1 aromatic rings. The summed E-state index contributed by atoms with van der Waals surface area (Å²) in [6, 6.07) is 9.26. The van der Waals surface area contributed by atoms with Gasteiger partial charge in [-0.3, -0.25) is 14.5 Å². The van der Waals surface area contributed by atoms with Gasteiger partial charge >= 0.3 is 11.9 Å². The van der Waals surface area contributed by atoms with Crippen molar-refractivity contribution in [2.45, 2.75) is 51.7 Å². The molecule has 0 unspecified atom stereocenters. The Morgan fingerprint density at radius 1 is 1.12 bits per heavy atom. The van der Waals surface area contributed by atoms with E-state index < -0.39 is 6.04 Å². The summed E-state index contributed by atoms with van der Waals surface area (Å²) >= 11 is 0. The summed E-state index contributed by atoms with van der Waals surface area (Å²) in [5.74, 6) is -0.319. The first-order valence-corrected chi connectivity index (χ1v) is 9.18. The molecule has 0 radical (unpaired) electrons. The van der Waals surface area contributed by atoms with Crippen LogP contribution in [-0.4, -0.2) is 43.1 Å². The third-order valence-corrected chi connectivity index (χ3v) is 4.72. The minimum atomic E-state index is -0.395. The summed E-state index contributed by atoms with van der Waals surface area (Å²) in [6.45, 7) is 2.50. The van der Waals surface area contributed by atoms with Gasteiger partial charge in [0.05, 0.1) is 13.2 Å². The van der Waals surface area contributed by atoms with E-state index >= 15 is 0 Å². The van der Waals surface area contributed by atoms with Gasteiger partial charge in [-0.1, -0.05) is 49.6 Å². The molecule has 0 aromatic heterocycles. The normalized spacial score (nSPS) is 16.4. The Morgan fingerprint density at radius 3 is 2.44 bits per heavy atom. The average molecular weight is 347 g/mol. The summed E-state index contributed by atoms with van der Waals surface area (Å²) in [5.41, 5.74) is 0.964. The van der Waals surface area contributed by atoms with Gasteiger partial charge in [-0.25, -0.2) is 0 Å². The second kappa shape index (κ2) is 10.2. The Balaban J connectivity index is 2.01. The second-order valence-electron chi connectivity index (χ2n) is 6.66. The van der Waals surface area contributed by atoms with Crippen molar-refractivity contribution in [3.63, 3.8) is 0 Å². The smallest absolute Gasteiger partial charge is 0.323 e. The van der Waals surface area contributed by atoms with Gasteiger partial charge in [-0.2, -0.15) is 0 Å². The molecule has 1 aromatic carbocycles. The third-order valence-electron chi connectivity index (χ3n) is 4.72. The van der Waals surface area contributed by atoms with Crippen molar-refractivity contribution in [2.75, 3.05) is 20.2 Å². The lowest BCUT2D eigenvalue weighted by atomic mass is 9.83. The van der Waals surface area contributed by atoms with Crippen LogP contribution >= 0.6 is 0 Å². The summed E-state index contributed by atoms with van der Waals surface area (Å²) in [6.07, 6.45) is 5.46. The van der Waals surface area contributed by atoms with Gasteiger partial charge in [0, 0.05) is 0 Å². The zero-order valence-electron chi connectivity index (χ0n) is 15.3. The molecule has 0 N–H and O–H groups in total. The molecule has 0 heterocycles. The number of hydrogen-bond acceptors (Lipinski definition) is 5. The van der Waals surface area contributed by atoms with Crippen molar-refractivity contribution in [1.82, 2.24) is 4.90 Å². The van der Waals surface area contributed by atoms with Gasteiger partial charge in [0.1, 0.15) is 12.6 Å². The molecule has 0 aliphatic heterocycles. The fourth-order valence-corrected chi connectivity index (χ4v) is 3.50. The lowest BCUT2D eigenvalue weighted by Crippen LogP contribution is -2.47. The summed E-state index contributed by atoms with van der Waals surface area (Å²) in [5, 5.41) is 0. The highest BCUT2D eigenvalue weighted by Gasteiger charge is 2.35. The minimum Gasteiger partial charge on any atom is -0.465 e. The molecule has 25 heavy (non-hydrogen) atoms. The van der Waals surface area contributed by atoms with Crippen molar-refractivity contribution in [2.24, 2.45) is 5.92 Å². The van der Waals surface area contributed by atoms with E-state index in [1.165, 1.54) is 6.42 Å². The molecule has 1 aliphatic carbocycles. The minimum absolute atomic E-state index is 0.107. The monoisotopic (exact) mass is 347 g/mol. The molecule has 138 valence electrons. The van der Waals surface area contributed by atoms with E-state index in [0.717, 1.165) is 31.2 Å².